The molecule has 1 aromatic carbocycles. The number of hydrogen-bond acceptors (Lipinski definition) is 4. The number of hydrogen-bond donors (Lipinski definition) is 2. The molecule has 0 saturated heterocycles. The Morgan fingerprint density at radius 3 is 2.78 bits per heavy atom. The number of carbonyl (C=O) groups is 2. The lowest BCUT2D eigenvalue weighted by Crippen LogP contribution is -2.43. The minimum atomic E-state index is -1.34. The SMILES string of the molecule is CCOC(=O)C(N)C(=O)Nc1ccc(Cl)cc1I. The van der Waals surface area contributed by atoms with Gasteiger partial charge in [0.1, 0.15) is 0 Å². The van der Waals surface area contributed by atoms with E-state index in [1.54, 1.807) is 25.1 Å². The first-order chi connectivity index (χ1) is 8.45. The van der Waals surface area contributed by atoms with E-state index in [1.165, 1.54) is 0 Å². The summed E-state index contributed by atoms with van der Waals surface area (Å²) in [7, 11) is 0. The van der Waals surface area contributed by atoms with Crippen LogP contribution >= 0.6 is 34.2 Å². The van der Waals surface area contributed by atoms with Gasteiger partial charge >= 0.3 is 5.97 Å². The molecule has 0 spiro atoms. The van der Waals surface area contributed by atoms with Crippen molar-refractivity contribution in [2.24, 2.45) is 5.73 Å². The van der Waals surface area contributed by atoms with Gasteiger partial charge in [-0.2, -0.15) is 0 Å². The second-order valence-corrected chi connectivity index (χ2v) is 4.94. The Hall–Kier alpha value is -0.860. The van der Waals surface area contributed by atoms with Gasteiger partial charge in [0.05, 0.1) is 12.3 Å². The van der Waals surface area contributed by atoms with Crippen molar-refractivity contribution in [3.8, 4) is 0 Å². The summed E-state index contributed by atoms with van der Waals surface area (Å²) in [5.74, 6) is -1.37. The summed E-state index contributed by atoms with van der Waals surface area (Å²) in [5, 5.41) is 3.11. The standard InChI is InChI=1S/C11H12ClIN2O3/c1-2-18-11(17)9(14)10(16)15-8-4-3-6(12)5-7(8)13/h3-5,9H,2,14H2,1H3,(H,15,16). The third-order valence-electron chi connectivity index (χ3n) is 2.01. The monoisotopic (exact) mass is 382 g/mol. The molecule has 0 aliphatic heterocycles. The summed E-state index contributed by atoms with van der Waals surface area (Å²) in [6, 6.07) is 3.62. The van der Waals surface area contributed by atoms with Gasteiger partial charge in [-0.3, -0.25) is 4.79 Å². The number of nitrogens with one attached hydrogen (secondary N) is 1. The molecule has 1 aromatic rings. The molecular formula is C11H12ClIN2O3. The molecule has 0 aliphatic carbocycles. The summed E-state index contributed by atoms with van der Waals surface area (Å²) in [5.41, 5.74) is 6.01. The molecule has 1 rings (SSSR count). The smallest absolute Gasteiger partial charge is 0.332 e. The van der Waals surface area contributed by atoms with E-state index in [4.69, 9.17) is 17.3 Å². The Bertz CT molecular complexity index is 468. The molecule has 0 fully saturated rings. The molecule has 7 heteroatoms. The predicted octanol–water partition coefficient (Wildman–Crippen LogP) is 1.77. The zero-order chi connectivity index (χ0) is 13.7. The number of nitrogens with two attached hydrogens (primary N) is 1. The van der Waals surface area contributed by atoms with Crippen LogP contribution in [0.5, 0.6) is 0 Å². The van der Waals surface area contributed by atoms with Crippen molar-refractivity contribution in [3.05, 3.63) is 26.8 Å². The Morgan fingerprint density at radius 1 is 1.56 bits per heavy atom. The van der Waals surface area contributed by atoms with E-state index in [0.717, 1.165) is 3.57 Å². The van der Waals surface area contributed by atoms with Crippen LogP contribution < -0.4 is 11.1 Å². The fourth-order valence-corrected chi connectivity index (χ4v) is 2.15. The second-order valence-electron chi connectivity index (χ2n) is 3.34. The van der Waals surface area contributed by atoms with Gasteiger partial charge in [0.2, 0.25) is 0 Å². The predicted molar refractivity (Wildman–Crippen MR) is 77.4 cm³/mol. The van der Waals surface area contributed by atoms with E-state index < -0.39 is 17.9 Å². The molecule has 3 N–H and O–H groups in total. The molecule has 98 valence electrons. The molecule has 0 radical (unpaired) electrons. The Kier molecular flexibility index (Phi) is 5.83. The summed E-state index contributed by atoms with van der Waals surface area (Å²) < 4.78 is 5.42. The van der Waals surface area contributed by atoms with Crippen molar-refractivity contribution in [2.75, 3.05) is 11.9 Å². The van der Waals surface area contributed by atoms with Crippen LogP contribution in [-0.2, 0) is 14.3 Å². The van der Waals surface area contributed by atoms with Crippen LogP contribution in [0.15, 0.2) is 18.2 Å². The van der Waals surface area contributed by atoms with Crippen LogP contribution in [0.4, 0.5) is 5.69 Å². The topological polar surface area (TPSA) is 81.4 Å². The molecule has 0 bridgehead atoms. The van der Waals surface area contributed by atoms with Gasteiger partial charge in [0, 0.05) is 8.59 Å². The van der Waals surface area contributed by atoms with Crippen molar-refractivity contribution >= 4 is 51.8 Å². The van der Waals surface area contributed by atoms with Crippen LogP contribution in [0.25, 0.3) is 0 Å². The molecule has 0 saturated carbocycles. The minimum Gasteiger partial charge on any atom is -0.464 e. The minimum absolute atomic E-state index is 0.179. The Morgan fingerprint density at radius 2 is 2.22 bits per heavy atom. The van der Waals surface area contributed by atoms with Crippen LogP contribution in [0.1, 0.15) is 6.92 Å². The zero-order valence-electron chi connectivity index (χ0n) is 9.57. The zero-order valence-corrected chi connectivity index (χ0v) is 12.5. The normalized spacial score (nSPS) is 11.8. The van der Waals surface area contributed by atoms with Gasteiger partial charge in [-0.1, -0.05) is 11.6 Å². The number of halogens is 2. The maximum absolute atomic E-state index is 11.7. The first kappa shape index (κ1) is 15.2. The lowest BCUT2D eigenvalue weighted by atomic mass is 10.2. The number of amides is 1. The summed E-state index contributed by atoms with van der Waals surface area (Å²) >= 11 is 7.81. The maximum Gasteiger partial charge on any atom is 0.332 e. The summed E-state index contributed by atoms with van der Waals surface area (Å²) in [6.45, 7) is 1.82. The average Bonchev–Trinajstić information content (AvgIpc) is 2.32. The number of esters is 1. The highest BCUT2D eigenvalue weighted by atomic mass is 127. The molecule has 0 aliphatic rings. The first-order valence-electron chi connectivity index (χ1n) is 5.13. The van der Waals surface area contributed by atoms with E-state index in [2.05, 4.69) is 10.1 Å². The van der Waals surface area contributed by atoms with Crippen molar-refractivity contribution < 1.29 is 14.3 Å². The number of ether oxygens (including phenoxy) is 1. The maximum atomic E-state index is 11.7. The highest BCUT2D eigenvalue weighted by Gasteiger charge is 2.23. The van der Waals surface area contributed by atoms with E-state index in [-0.39, 0.29) is 6.61 Å². The van der Waals surface area contributed by atoms with Crippen LogP contribution in [0.3, 0.4) is 0 Å². The van der Waals surface area contributed by atoms with Gasteiger partial charge in [-0.25, -0.2) is 4.79 Å². The van der Waals surface area contributed by atoms with Crippen molar-refractivity contribution in [3.63, 3.8) is 0 Å². The van der Waals surface area contributed by atoms with Crippen molar-refractivity contribution in [1.29, 1.82) is 0 Å². The molecule has 1 unspecified atom stereocenters. The van der Waals surface area contributed by atoms with E-state index >= 15 is 0 Å². The second kappa shape index (κ2) is 6.91. The quantitative estimate of drug-likeness (QED) is 0.472. The van der Waals surface area contributed by atoms with Gasteiger partial charge in [0.15, 0.2) is 6.04 Å². The number of carbonyl (C=O) groups excluding carboxylic acids is 2. The lowest BCUT2D eigenvalue weighted by molar-refractivity contribution is -0.146. The lowest BCUT2D eigenvalue weighted by Gasteiger charge is -2.12. The van der Waals surface area contributed by atoms with E-state index in [9.17, 15) is 9.59 Å². The largest absolute Gasteiger partial charge is 0.464 e. The number of anilines is 1. The first-order valence-corrected chi connectivity index (χ1v) is 6.59. The molecule has 5 nitrogen and oxygen atoms in total. The van der Waals surface area contributed by atoms with Crippen LogP contribution in [0, 0.1) is 3.57 Å². The van der Waals surface area contributed by atoms with Gasteiger partial charge in [-0.05, 0) is 47.7 Å². The molecule has 18 heavy (non-hydrogen) atoms. The van der Waals surface area contributed by atoms with Gasteiger partial charge < -0.3 is 15.8 Å². The summed E-state index contributed by atoms with van der Waals surface area (Å²) in [4.78, 5) is 23.0. The van der Waals surface area contributed by atoms with Gasteiger partial charge in [0.25, 0.3) is 5.91 Å². The molecular weight excluding hydrogens is 370 g/mol. The van der Waals surface area contributed by atoms with E-state index in [0.29, 0.717) is 10.7 Å². The number of rotatable bonds is 4. The van der Waals surface area contributed by atoms with Crippen LogP contribution in [-0.4, -0.2) is 24.5 Å². The fraction of sp³-hybridized carbons (Fsp3) is 0.273. The fourth-order valence-electron chi connectivity index (χ4n) is 1.14. The molecule has 0 aromatic heterocycles. The van der Waals surface area contributed by atoms with Gasteiger partial charge in [-0.15, -0.1) is 0 Å². The Labute approximate surface area is 123 Å². The van der Waals surface area contributed by atoms with Crippen molar-refractivity contribution in [2.45, 2.75) is 13.0 Å². The number of benzene rings is 1. The third-order valence-corrected chi connectivity index (χ3v) is 3.14. The summed E-state index contributed by atoms with van der Waals surface area (Å²) in [6.07, 6.45) is 0. The average molecular weight is 383 g/mol. The third kappa shape index (κ3) is 4.11. The van der Waals surface area contributed by atoms with E-state index in [1.807, 2.05) is 22.6 Å². The highest BCUT2D eigenvalue weighted by molar-refractivity contribution is 14.1. The van der Waals surface area contributed by atoms with Crippen molar-refractivity contribution in [1.82, 2.24) is 0 Å². The van der Waals surface area contributed by atoms with Crippen LogP contribution in [0.2, 0.25) is 5.02 Å². The highest BCUT2D eigenvalue weighted by Crippen LogP contribution is 2.22. The molecule has 0 heterocycles. The molecule has 1 atom stereocenters. The Balaban J connectivity index is 2.72. The molecule has 1 amide bonds.